The molecule has 0 radical (unpaired) electrons. The summed E-state index contributed by atoms with van der Waals surface area (Å²) in [5.41, 5.74) is 0.875. The summed E-state index contributed by atoms with van der Waals surface area (Å²) in [4.78, 5) is 10.2. The second-order valence-electron chi connectivity index (χ2n) is 2.52. The fourth-order valence-electron chi connectivity index (χ4n) is 0.946. The molecule has 4 nitrogen and oxygen atoms in total. The van der Waals surface area contributed by atoms with Crippen LogP contribution in [0, 0.1) is 0 Å². The van der Waals surface area contributed by atoms with Crippen molar-refractivity contribution in [2.45, 2.75) is 0 Å². The van der Waals surface area contributed by atoms with Gasteiger partial charge in [0.1, 0.15) is 5.71 Å². The summed E-state index contributed by atoms with van der Waals surface area (Å²) < 4.78 is 0. The third-order valence-corrected chi connectivity index (χ3v) is 1.56. The number of oxime groups is 1. The maximum atomic E-state index is 10.2. The van der Waals surface area contributed by atoms with E-state index in [0.717, 1.165) is 6.08 Å². The van der Waals surface area contributed by atoms with Crippen molar-refractivity contribution >= 4 is 11.7 Å². The molecule has 0 bridgehead atoms. The van der Waals surface area contributed by atoms with Crippen LogP contribution in [0.5, 0.6) is 0 Å². The molecule has 0 aliphatic rings. The van der Waals surface area contributed by atoms with Crippen molar-refractivity contribution in [1.82, 2.24) is 0 Å². The molecule has 0 aliphatic carbocycles. The van der Waals surface area contributed by atoms with Gasteiger partial charge in [-0.2, -0.15) is 0 Å². The van der Waals surface area contributed by atoms with E-state index in [0.29, 0.717) is 5.56 Å². The molecule has 0 unspecified atom stereocenters. The van der Waals surface area contributed by atoms with Crippen molar-refractivity contribution in [2.75, 3.05) is 0 Å². The van der Waals surface area contributed by atoms with Gasteiger partial charge >= 0.3 is 5.97 Å². The van der Waals surface area contributed by atoms with Crippen LogP contribution in [0.3, 0.4) is 0 Å². The Labute approximate surface area is 80.8 Å². The van der Waals surface area contributed by atoms with Gasteiger partial charge in [-0.15, -0.1) is 0 Å². The first-order valence-corrected chi connectivity index (χ1v) is 3.92. The molecule has 0 amide bonds. The first kappa shape index (κ1) is 9.98. The van der Waals surface area contributed by atoms with Gasteiger partial charge < -0.3 is 10.3 Å². The van der Waals surface area contributed by atoms with E-state index in [-0.39, 0.29) is 5.71 Å². The lowest BCUT2D eigenvalue weighted by Crippen LogP contribution is -1.98. The smallest absolute Gasteiger partial charge is 0.328 e. The molecule has 1 aromatic rings. The number of benzene rings is 1. The summed E-state index contributed by atoms with van der Waals surface area (Å²) >= 11 is 0. The maximum Gasteiger partial charge on any atom is 0.328 e. The normalized spacial score (nSPS) is 11.9. The highest BCUT2D eigenvalue weighted by Gasteiger charge is 1.99. The highest BCUT2D eigenvalue weighted by atomic mass is 16.4. The Bertz CT molecular complexity index is 368. The van der Waals surface area contributed by atoms with Crippen LogP contribution < -0.4 is 0 Å². The third kappa shape index (κ3) is 2.75. The van der Waals surface area contributed by atoms with Crippen LogP contribution in [-0.4, -0.2) is 22.0 Å². The standard InChI is InChI=1S/C10H9NO3/c12-10(13)7-6-9(11-14)8-4-2-1-3-5-8/h1-7,14H,(H,12,13)/b7-6+,11-9+. The van der Waals surface area contributed by atoms with Crippen LogP contribution in [-0.2, 0) is 4.79 Å². The molecule has 0 saturated carbocycles. The zero-order chi connectivity index (χ0) is 10.4. The number of carboxylic acid groups (broad SMARTS) is 1. The summed E-state index contributed by atoms with van der Waals surface area (Å²) in [6, 6.07) is 8.81. The molecule has 4 heteroatoms. The SMILES string of the molecule is O=C(O)/C=C/C(=N\O)c1ccccc1. The minimum Gasteiger partial charge on any atom is -0.478 e. The Morgan fingerprint density at radius 1 is 1.21 bits per heavy atom. The predicted octanol–water partition coefficient (Wildman–Crippen LogP) is 1.51. The monoisotopic (exact) mass is 191 g/mol. The molecule has 0 aromatic heterocycles. The minimum atomic E-state index is -1.08. The number of hydrogen-bond donors (Lipinski definition) is 2. The number of aliphatic carboxylic acids is 1. The highest BCUT2D eigenvalue weighted by Crippen LogP contribution is 2.01. The second kappa shape index (κ2) is 4.81. The summed E-state index contributed by atoms with van der Waals surface area (Å²) in [5.74, 6) is -1.08. The zero-order valence-electron chi connectivity index (χ0n) is 7.29. The highest BCUT2D eigenvalue weighted by molar-refractivity contribution is 6.10. The molecule has 0 atom stereocenters. The maximum absolute atomic E-state index is 10.2. The minimum absolute atomic E-state index is 0.216. The van der Waals surface area contributed by atoms with Gasteiger partial charge in [-0.1, -0.05) is 35.5 Å². The lowest BCUT2D eigenvalue weighted by molar-refractivity contribution is -0.131. The molecule has 0 spiro atoms. The van der Waals surface area contributed by atoms with Crippen LogP contribution >= 0.6 is 0 Å². The quantitative estimate of drug-likeness (QED) is 0.329. The fourth-order valence-corrected chi connectivity index (χ4v) is 0.946. The van der Waals surface area contributed by atoms with Crippen LogP contribution in [0.15, 0.2) is 47.6 Å². The van der Waals surface area contributed by atoms with Gasteiger partial charge in [-0.3, -0.25) is 0 Å². The van der Waals surface area contributed by atoms with Gasteiger partial charge in [0.15, 0.2) is 0 Å². The van der Waals surface area contributed by atoms with Crippen LogP contribution in [0.1, 0.15) is 5.56 Å². The Morgan fingerprint density at radius 2 is 1.86 bits per heavy atom. The van der Waals surface area contributed by atoms with Crippen molar-refractivity contribution in [3.63, 3.8) is 0 Å². The van der Waals surface area contributed by atoms with E-state index in [1.807, 2.05) is 6.07 Å². The van der Waals surface area contributed by atoms with Crippen molar-refractivity contribution in [2.24, 2.45) is 5.16 Å². The number of carboxylic acids is 1. The molecule has 72 valence electrons. The van der Waals surface area contributed by atoms with E-state index in [1.165, 1.54) is 6.08 Å². The zero-order valence-corrected chi connectivity index (χ0v) is 7.29. The molecule has 0 saturated heterocycles. The summed E-state index contributed by atoms with van der Waals surface area (Å²) in [7, 11) is 0. The fraction of sp³-hybridized carbons (Fsp3) is 0. The van der Waals surface area contributed by atoms with Gasteiger partial charge in [-0.05, 0) is 6.08 Å². The van der Waals surface area contributed by atoms with Crippen LogP contribution in [0.25, 0.3) is 0 Å². The van der Waals surface area contributed by atoms with Crippen LogP contribution in [0.2, 0.25) is 0 Å². The molecule has 0 fully saturated rings. The van der Waals surface area contributed by atoms with Crippen molar-refractivity contribution in [3.8, 4) is 0 Å². The van der Waals surface area contributed by atoms with E-state index >= 15 is 0 Å². The van der Waals surface area contributed by atoms with Gasteiger partial charge in [0, 0.05) is 11.6 Å². The number of rotatable bonds is 3. The number of hydrogen-bond acceptors (Lipinski definition) is 3. The summed E-state index contributed by atoms with van der Waals surface area (Å²) in [6.07, 6.45) is 2.15. The first-order valence-electron chi connectivity index (χ1n) is 3.92. The summed E-state index contributed by atoms with van der Waals surface area (Å²) in [6.45, 7) is 0. The Kier molecular flexibility index (Phi) is 3.43. The average Bonchev–Trinajstić information content (AvgIpc) is 2.20. The van der Waals surface area contributed by atoms with Crippen molar-refractivity contribution < 1.29 is 15.1 Å². The van der Waals surface area contributed by atoms with Crippen LogP contribution in [0.4, 0.5) is 0 Å². The van der Waals surface area contributed by atoms with Crippen molar-refractivity contribution in [1.29, 1.82) is 0 Å². The number of carbonyl (C=O) groups is 1. The Hall–Kier alpha value is -2.10. The van der Waals surface area contributed by atoms with E-state index < -0.39 is 5.97 Å². The Balaban J connectivity index is 2.90. The molecule has 2 N–H and O–H groups in total. The van der Waals surface area contributed by atoms with Gasteiger partial charge in [-0.25, -0.2) is 4.79 Å². The molecule has 14 heavy (non-hydrogen) atoms. The third-order valence-electron chi connectivity index (χ3n) is 1.56. The lowest BCUT2D eigenvalue weighted by Gasteiger charge is -1.96. The van der Waals surface area contributed by atoms with Gasteiger partial charge in [0.2, 0.25) is 0 Å². The van der Waals surface area contributed by atoms with Gasteiger partial charge in [0.05, 0.1) is 0 Å². The van der Waals surface area contributed by atoms with E-state index in [9.17, 15) is 4.79 Å². The largest absolute Gasteiger partial charge is 0.478 e. The van der Waals surface area contributed by atoms with E-state index in [2.05, 4.69) is 5.16 Å². The molecule has 0 heterocycles. The van der Waals surface area contributed by atoms with Crippen molar-refractivity contribution in [3.05, 3.63) is 48.0 Å². The number of nitrogens with zero attached hydrogens (tertiary/aromatic N) is 1. The Morgan fingerprint density at radius 3 is 2.36 bits per heavy atom. The lowest BCUT2D eigenvalue weighted by atomic mass is 10.1. The molecule has 1 rings (SSSR count). The predicted molar refractivity (Wildman–Crippen MR) is 51.5 cm³/mol. The molecule has 1 aromatic carbocycles. The number of allylic oxidation sites excluding steroid dienone is 1. The molecular weight excluding hydrogens is 182 g/mol. The summed E-state index contributed by atoms with van der Waals surface area (Å²) in [5, 5.41) is 20.0. The second-order valence-corrected chi connectivity index (χ2v) is 2.52. The molecular formula is C10H9NO3. The average molecular weight is 191 g/mol. The molecule has 0 aliphatic heterocycles. The topological polar surface area (TPSA) is 69.9 Å². The van der Waals surface area contributed by atoms with E-state index in [1.54, 1.807) is 24.3 Å². The van der Waals surface area contributed by atoms with E-state index in [4.69, 9.17) is 10.3 Å². The van der Waals surface area contributed by atoms with Gasteiger partial charge in [0.25, 0.3) is 0 Å². The first-order chi connectivity index (χ1) is 6.74.